The maximum absolute atomic E-state index is 11.9. The Labute approximate surface area is 188 Å². The van der Waals surface area contributed by atoms with E-state index in [4.69, 9.17) is 37.1 Å². The van der Waals surface area contributed by atoms with Crippen LogP contribution in [0, 0.1) is 0 Å². The number of halogens is 2. The number of hydrogen-bond acceptors (Lipinski definition) is 6. The molecule has 1 amide bonds. The first-order valence-corrected chi connectivity index (χ1v) is 9.99. The molecule has 31 heavy (non-hydrogen) atoms. The van der Waals surface area contributed by atoms with Crippen LogP contribution in [0.5, 0.6) is 5.75 Å². The SMILES string of the molecule is CCOC(=O)c1ccc(-c2ccc(/C=N/NC(=O)COc3cc(Cl)ccc3Cl)o2)cc1. The quantitative estimate of drug-likeness (QED) is 0.291. The molecule has 0 saturated heterocycles. The average Bonchev–Trinajstić information content (AvgIpc) is 3.23. The van der Waals surface area contributed by atoms with Crippen molar-refractivity contribution in [2.75, 3.05) is 13.2 Å². The first-order valence-electron chi connectivity index (χ1n) is 9.23. The fourth-order valence-electron chi connectivity index (χ4n) is 2.49. The van der Waals surface area contributed by atoms with Crippen molar-refractivity contribution in [1.82, 2.24) is 5.43 Å². The van der Waals surface area contributed by atoms with Gasteiger partial charge in [0.15, 0.2) is 6.61 Å². The fourth-order valence-corrected chi connectivity index (χ4v) is 2.83. The lowest BCUT2D eigenvalue weighted by molar-refractivity contribution is -0.123. The summed E-state index contributed by atoms with van der Waals surface area (Å²) in [6.07, 6.45) is 1.36. The van der Waals surface area contributed by atoms with E-state index in [9.17, 15) is 9.59 Å². The highest BCUT2D eigenvalue weighted by atomic mass is 35.5. The molecule has 1 aromatic heterocycles. The zero-order chi connectivity index (χ0) is 22.2. The van der Waals surface area contributed by atoms with E-state index in [1.165, 1.54) is 12.3 Å². The van der Waals surface area contributed by atoms with Gasteiger partial charge in [-0.3, -0.25) is 4.79 Å². The third-order valence-electron chi connectivity index (χ3n) is 3.94. The van der Waals surface area contributed by atoms with E-state index in [0.717, 1.165) is 5.56 Å². The Balaban J connectivity index is 1.52. The Kier molecular flexibility index (Phi) is 7.70. The van der Waals surface area contributed by atoms with Gasteiger partial charge in [0.05, 0.1) is 23.4 Å². The molecule has 0 unspecified atom stereocenters. The van der Waals surface area contributed by atoms with E-state index in [0.29, 0.717) is 39.5 Å². The van der Waals surface area contributed by atoms with Crippen molar-refractivity contribution in [3.8, 4) is 17.1 Å². The Hall–Kier alpha value is -3.29. The summed E-state index contributed by atoms with van der Waals surface area (Å²) in [5.41, 5.74) is 3.58. The highest BCUT2D eigenvalue weighted by molar-refractivity contribution is 6.34. The molecule has 1 N–H and O–H groups in total. The van der Waals surface area contributed by atoms with E-state index < -0.39 is 5.91 Å². The number of furan rings is 1. The first kappa shape index (κ1) is 22.4. The number of benzene rings is 2. The Morgan fingerprint density at radius 3 is 2.61 bits per heavy atom. The van der Waals surface area contributed by atoms with Crippen molar-refractivity contribution in [3.05, 3.63) is 76.0 Å². The molecule has 3 rings (SSSR count). The van der Waals surface area contributed by atoms with Gasteiger partial charge in [0, 0.05) is 16.7 Å². The van der Waals surface area contributed by atoms with Crippen LogP contribution in [0.3, 0.4) is 0 Å². The standard InChI is InChI=1S/C22H18Cl2N2O5/c1-2-29-22(28)15-5-3-14(4-6-15)19-10-8-17(31-19)12-25-26-21(27)13-30-20-11-16(23)7-9-18(20)24/h3-12H,2,13H2,1H3,(H,26,27)/b25-12+. The van der Waals surface area contributed by atoms with Gasteiger partial charge in [-0.2, -0.15) is 5.10 Å². The second kappa shape index (κ2) is 10.7. The molecule has 7 nitrogen and oxygen atoms in total. The number of rotatable bonds is 8. The van der Waals surface area contributed by atoms with Crippen LogP contribution in [0.4, 0.5) is 0 Å². The highest BCUT2D eigenvalue weighted by Gasteiger charge is 2.09. The first-order chi connectivity index (χ1) is 15.0. The summed E-state index contributed by atoms with van der Waals surface area (Å²) < 4.78 is 16.0. The van der Waals surface area contributed by atoms with Gasteiger partial charge in [-0.05, 0) is 43.3 Å². The highest BCUT2D eigenvalue weighted by Crippen LogP contribution is 2.27. The number of hydrogen-bond donors (Lipinski definition) is 1. The number of esters is 1. The van der Waals surface area contributed by atoms with Crippen molar-refractivity contribution in [3.63, 3.8) is 0 Å². The molecule has 0 saturated carbocycles. The zero-order valence-electron chi connectivity index (χ0n) is 16.4. The average molecular weight is 461 g/mol. The van der Waals surface area contributed by atoms with Gasteiger partial charge in [-0.1, -0.05) is 35.3 Å². The normalized spacial score (nSPS) is 10.8. The van der Waals surface area contributed by atoms with E-state index in [-0.39, 0.29) is 12.6 Å². The monoisotopic (exact) mass is 460 g/mol. The summed E-state index contributed by atoms with van der Waals surface area (Å²) >= 11 is 11.8. The Morgan fingerprint density at radius 1 is 1.10 bits per heavy atom. The van der Waals surface area contributed by atoms with Crippen molar-refractivity contribution in [2.45, 2.75) is 6.92 Å². The lowest BCUT2D eigenvalue weighted by Crippen LogP contribution is -2.24. The number of ether oxygens (including phenoxy) is 2. The molecule has 160 valence electrons. The van der Waals surface area contributed by atoms with Gasteiger partial charge in [0.1, 0.15) is 17.3 Å². The number of nitrogens with zero attached hydrogens (tertiary/aromatic N) is 1. The molecule has 0 bridgehead atoms. The second-order valence-corrected chi connectivity index (χ2v) is 7.00. The molecule has 0 aliphatic carbocycles. The van der Waals surface area contributed by atoms with Crippen LogP contribution in [0.25, 0.3) is 11.3 Å². The molecule has 0 radical (unpaired) electrons. The largest absolute Gasteiger partial charge is 0.482 e. The molecule has 9 heteroatoms. The third-order valence-corrected chi connectivity index (χ3v) is 4.49. The van der Waals surface area contributed by atoms with Crippen LogP contribution in [-0.4, -0.2) is 31.3 Å². The van der Waals surface area contributed by atoms with Crippen molar-refractivity contribution in [1.29, 1.82) is 0 Å². The van der Waals surface area contributed by atoms with E-state index in [2.05, 4.69) is 10.5 Å². The van der Waals surface area contributed by atoms with Gasteiger partial charge in [0.2, 0.25) is 0 Å². The Bertz CT molecular complexity index is 1090. The zero-order valence-corrected chi connectivity index (χ0v) is 17.9. The smallest absolute Gasteiger partial charge is 0.338 e. The molecular weight excluding hydrogens is 443 g/mol. The maximum atomic E-state index is 11.9. The molecule has 0 spiro atoms. The predicted octanol–water partition coefficient (Wildman–Crippen LogP) is 4.96. The summed E-state index contributed by atoms with van der Waals surface area (Å²) in [6, 6.07) is 15.0. The van der Waals surface area contributed by atoms with Gasteiger partial charge >= 0.3 is 5.97 Å². The summed E-state index contributed by atoms with van der Waals surface area (Å²) in [5, 5.41) is 4.63. The summed E-state index contributed by atoms with van der Waals surface area (Å²) in [7, 11) is 0. The number of amides is 1. The summed E-state index contributed by atoms with van der Waals surface area (Å²) in [6.45, 7) is 1.79. The van der Waals surface area contributed by atoms with Crippen molar-refractivity contribution < 1.29 is 23.5 Å². The molecule has 0 aliphatic heterocycles. The molecule has 0 fully saturated rings. The maximum Gasteiger partial charge on any atom is 0.338 e. The molecule has 0 aliphatic rings. The van der Waals surface area contributed by atoms with Crippen LogP contribution in [0.1, 0.15) is 23.0 Å². The van der Waals surface area contributed by atoms with E-state index in [1.54, 1.807) is 55.5 Å². The number of nitrogens with one attached hydrogen (secondary N) is 1. The second-order valence-electron chi connectivity index (χ2n) is 6.16. The van der Waals surface area contributed by atoms with E-state index >= 15 is 0 Å². The lowest BCUT2D eigenvalue weighted by atomic mass is 10.1. The number of carbonyl (C=O) groups is 2. The van der Waals surface area contributed by atoms with Gasteiger partial charge in [-0.15, -0.1) is 0 Å². The van der Waals surface area contributed by atoms with Crippen LogP contribution >= 0.6 is 23.2 Å². The van der Waals surface area contributed by atoms with Crippen LogP contribution in [0.2, 0.25) is 10.0 Å². The van der Waals surface area contributed by atoms with E-state index in [1.807, 2.05) is 0 Å². The molecule has 1 heterocycles. The molecule has 0 atom stereocenters. The van der Waals surface area contributed by atoms with Gasteiger partial charge in [-0.25, -0.2) is 10.2 Å². The minimum Gasteiger partial charge on any atom is -0.482 e. The summed E-state index contributed by atoms with van der Waals surface area (Å²) in [4.78, 5) is 23.6. The van der Waals surface area contributed by atoms with Gasteiger partial charge < -0.3 is 13.9 Å². The molecule has 3 aromatic rings. The fraction of sp³-hybridized carbons (Fsp3) is 0.136. The van der Waals surface area contributed by atoms with Crippen LogP contribution in [0.15, 0.2) is 64.1 Å². The number of hydrazone groups is 1. The third kappa shape index (κ3) is 6.34. The molecule has 2 aromatic carbocycles. The van der Waals surface area contributed by atoms with Gasteiger partial charge in [0.25, 0.3) is 5.91 Å². The van der Waals surface area contributed by atoms with Crippen LogP contribution in [-0.2, 0) is 9.53 Å². The predicted molar refractivity (Wildman–Crippen MR) is 118 cm³/mol. The lowest BCUT2D eigenvalue weighted by Gasteiger charge is -2.07. The number of carbonyl (C=O) groups excluding carboxylic acids is 2. The minimum atomic E-state index is -0.478. The Morgan fingerprint density at radius 2 is 1.87 bits per heavy atom. The minimum absolute atomic E-state index is 0.284. The van der Waals surface area contributed by atoms with Crippen LogP contribution < -0.4 is 10.2 Å². The van der Waals surface area contributed by atoms with Crippen molar-refractivity contribution in [2.24, 2.45) is 5.10 Å². The molecular formula is C22H18Cl2N2O5. The summed E-state index contributed by atoms with van der Waals surface area (Å²) in [5.74, 6) is 0.468. The topological polar surface area (TPSA) is 90.1 Å². The van der Waals surface area contributed by atoms with Crippen molar-refractivity contribution >= 4 is 41.3 Å².